The fraction of sp³-hybridized carbons (Fsp3) is 0.385. The number of ether oxygens (including phenoxy) is 1. The predicted molar refractivity (Wildman–Crippen MR) is 76.9 cm³/mol. The van der Waals surface area contributed by atoms with Crippen molar-refractivity contribution in [2.24, 2.45) is 0 Å². The number of methoxy groups -OCH3 is 1. The minimum atomic E-state index is -0.628. The first-order chi connectivity index (χ1) is 9.67. The number of halogens is 1. The molecule has 0 aliphatic rings. The fourth-order valence-electron chi connectivity index (χ4n) is 1.56. The first kappa shape index (κ1) is 15.3. The molecule has 0 spiro atoms. The van der Waals surface area contributed by atoms with Crippen molar-refractivity contribution in [2.45, 2.75) is 23.2 Å². The molecule has 0 fully saturated rings. The molecule has 0 aliphatic heterocycles. The Bertz CT molecular complexity index is 533. The molecule has 0 amide bonds. The molecule has 1 heterocycles. The van der Waals surface area contributed by atoms with E-state index in [0.29, 0.717) is 28.9 Å². The van der Waals surface area contributed by atoms with E-state index >= 15 is 0 Å². The number of hydrogen-bond acceptors (Lipinski definition) is 6. The van der Waals surface area contributed by atoms with Crippen LogP contribution in [0.3, 0.4) is 0 Å². The number of rotatable bonds is 7. The summed E-state index contributed by atoms with van der Waals surface area (Å²) in [6, 6.07) is 7.56. The number of aromatic nitrogens is 2. The summed E-state index contributed by atoms with van der Waals surface area (Å²) in [6.45, 7) is 0.247. The van der Waals surface area contributed by atoms with Gasteiger partial charge in [0.25, 0.3) is 0 Å². The van der Waals surface area contributed by atoms with E-state index in [2.05, 4.69) is 10.1 Å². The highest BCUT2D eigenvalue weighted by molar-refractivity contribution is 7.98. The zero-order chi connectivity index (χ0) is 14.4. The predicted octanol–water partition coefficient (Wildman–Crippen LogP) is 2.57. The number of aliphatic hydroxyl groups is 1. The Morgan fingerprint density at radius 2 is 2.15 bits per heavy atom. The van der Waals surface area contributed by atoms with Crippen LogP contribution in [0.2, 0.25) is 5.02 Å². The SMILES string of the molecule is COCC(O)Cc1nc(CSc2ccc(Cl)cc2)no1. The summed E-state index contributed by atoms with van der Waals surface area (Å²) in [7, 11) is 1.53. The lowest BCUT2D eigenvalue weighted by Crippen LogP contribution is -2.17. The molecule has 7 heteroatoms. The first-order valence-corrected chi connectivity index (χ1v) is 7.40. The summed E-state index contributed by atoms with van der Waals surface area (Å²) in [6.07, 6.45) is -0.330. The second-order valence-electron chi connectivity index (χ2n) is 4.16. The Morgan fingerprint density at radius 3 is 2.85 bits per heavy atom. The van der Waals surface area contributed by atoms with E-state index in [-0.39, 0.29) is 6.61 Å². The molecule has 1 unspecified atom stereocenters. The van der Waals surface area contributed by atoms with Crippen LogP contribution in [0.25, 0.3) is 0 Å². The summed E-state index contributed by atoms with van der Waals surface area (Å²) in [5, 5.41) is 14.2. The maximum absolute atomic E-state index is 9.58. The van der Waals surface area contributed by atoms with Crippen molar-refractivity contribution in [3.8, 4) is 0 Å². The topological polar surface area (TPSA) is 68.4 Å². The molecule has 5 nitrogen and oxygen atoms in total. The van der Waals surface area contributed by atoms with Crippen LogP contribution in [-0.4, -0.2) is 35.1 Å². The van der Waals surface area contributed by atoms with Gasteiger partial charge in [0, 0.05) is 17.0 Å². The van der Waals surface area contributed by atoms with E-state index in [1.54, 1.807) is 11.8 Å². The standard InChI is InChI=1S/C13H15ClN2O3S/c1-18-7-10(17)6-13-15-12(16-19-13)8-20-11-4-2-9(14)3-5-11/h2-5,10,17H,6-8H2,1H3. The lowest BCUT2D eigenvalue weighted by atomic mass is 10.3. The number of hydrogen-bond donors (Lipinski definition) is 1. The van der Waals surface area contributed by atoms with E-state index in [1.165, 1.54) is 7.11 Å². The highest BCUT2D eigenvalue weighted by Crippen LogP contribution is 2.23. The average Bonchev–Trinajstić information content (AvgIpc) is 2.86. The lowest BCUT2D eigenvalue weighted by Gasteiger charge is -2.04. The summed E-state index contributed by atoms with van der Waals surface area (Å²) >= 11 is 7.42. The van der Waals surface area contributed by atoms with Gasteiger partial charge < -0.3 is 14.4 Å². The van der Waals surface area contributed by atoms with Crippen molar-refractivity contribution in [1.29, 1.82) is 0 Å². The van der Waals surface area contributed by atoms with Crippen molar-refractivity contribution < 1.29 is 14.4 Å². The van der Waals surface area contributed by atoms with Crippen LogP contribution in [0.4, 0.5) is 0 Å². The fourth-order valence-corrected chi connectivity index (χ4v) is 2.43. The van der Waals surface area contributed by atoms with Crippen LogP contribution < -0.4 is 0 Å². The van der Waals surface area contributed by atoms with Crippen molar-refractivity contribution in [2.75, 3.05) is 13.7 Å². The van der Waals surface area contributed by atoms with Gasteiger partial charge in [-0.25, -0.2) is 0 Å². The number of nitrogens with zero attached hydrogens (tertiary/aromatic N) is 2. The van der Waals surface area contributed by atoms with Crippen LogP contribution in [0.1, 0.15) is 11.7 Å². The van der Waals surface area contributed by atoms with E-state index in [9.17, 15) is 5.11 Å². The highest BCUT2D eigenvalue weighted by Gasteiger charge is 2.12. The molecule has 0 radical (unpaired) electrons. The Balaban J connectivity index is 1.85. The lowest BCUT2D eigenvalue weighted by molar-refractivity contribution is 0.0599. The minimum absolute atomic E-state index is 0.247. The zero-order valence-corrected chi connectivity index (χ0v) is 12.5. The molecule has 20 heavy (non-hydrogen) atoms. The van der Waals surface area contributed by atoms with Crippen molar-refractivity contribution in [1.82, 2.24) is 10.1 Å². The molecule has 1 N–H and O–H groups in total. The second-order valence-corrected chi connectivity index (χ2v) is 5.65. The molecule has 2 aromatic rings. The van der Waals surface area contributed by atoms with Gasteiger partial charge in [-0.2, -0.15) is 4.98 Å². The third-order valence-corrected chi connectivity index (χ3v) is 3.72. The summed E-state index contributed by atoms with van der Waals surface area (Å²) in [5.41, 5.74) is 0. The monoisotopic (exact) mass is 314 g/mol. The molecule has 2 rings (SSSR count). The third kappa shape index (κ3) is 4.79. The zero-order valence-electron chi connectivity index (χ0n) is 11.0. The quantitative estimate of drug-likeness (QED) is 0.792. The summed E-state index contributed by atoms with van der Waals surface area (Å²) in [5.74, 6) is 1.62. The molecule has 1 atom stereocenters. The Hall–Kier alpha value is -1.08. The Kier molecular flexibility index (Phi) is 5.85. The van der Waals surface area contributed by atoms with E-state index < -0.39 is 6.10 Å². The summed E-state index contributed by atoms with van der Waals surface area (Å²) in [4.78, 5) is 5.31. The molecule has 0 saturated carbocycles. The third-order valence-electron chi connectivity index (χ3n) is 2.46. The number of benzene rings is 1. The van der Waals surface area contributed by atoms with E-state index in [4.69, 9.17) is 20.9 Å². The number of aliphatic hydroxyl groups excluding tert-OH is 1. The summed E-state index contributed by atoms with van der Waals surface area (Å²) < 4.78 is 9.92. The average molecular weight is 315 g/mol. The van der Waals surface area contributed by atoms with Gasteiger partial charge in [-0.15, -0.1) is 11.8 Å². The van der Waals surface area contributed by atoms with Gasteiger partial charge in [-0.05, 0) is 24.3 Å². The van der Waals surface area contributed by atoms with Crippen molar-refractivity contribution >= 4 is 23.4 Å². The number of thioether (sulfide) groups is 1. The Morgan fingerprint density at radius 1 is 1.40 bits per heavy atom. The van der Waals surface area contributed by atoms with Gasteiger partial charge in [0.1, 0.15) is 0 Å². The van der Waals surface area contributed by atoms with Crippen LogP contribution in [0.15, 0.2) is 33.7 Å². The largest absolute Gasteiger partial charge is 0.390 e. The second kappa shape index (κ2) is 7.64. The molecular formula is C13H15ClN2O3S. The molecule has 1 aromatic heterocycles. The first-order valence-electron chi connectivity index (χ1n) is 6.04. The molecule has 0 bridgehead atoms. The van der Waals surface area contributed by atoms with Crippen molar-refractivity contribution in [3.05, 3.63) is 41.0 Å². The molecular weight excluding hydrogens is 300 g/mol. The van der Waals surface area contributed by atoms with Gasteiger partial charge in [0.05, 0.1) is 24.9 Å². The van der Waals surface area contributed by atoms with Crippen LogP contribution in [0.5, 0.6) is 0 Å². The maximum atomic E-state index is 9.58. The minimum Gasteiger partial charge on any atom is -0.390 e. The van der Waals surface area contributed by atoms with Gasteiger partial charge in [0.2, 0.25) is 5.89 Å². The van der Waals surface area contributed by atoms with Crippen LogP contribution in [-0.2, 0) is 16.9 Å². The molecule has 1 aromatic carbocycles. The molecule has 108 valence electrons. The van der Waals surface area contributed by atoms with Crippen molar-refractivity contribution in [3.63, 3.8) is 0 Å². The molecule has 0 aliphatic carbocycles. The van der Waals surface area contributed by atoms with Gasteiger partial charge in [0.15, 0.2) is 5.82 Å². The van der Waals surface area contributed by atoms with E-state index in [0.717, 1.165) is 4.90 Å². The smallest absolute Gasteiger partial charge is 0.229 e. The van der Waals surface area contributed by atoms with Crippen LogP contribution in [0, 0.1) is 0 Å². The van der Waals surface area contributed by atoms with Crippen LogP contribution >= 0.6 is 23.4 Å². The highest BCUT2D eigenvalue weighted by atomic mass is 35.5. The Labute approximate surface area is 126 Å². The van der Waals surface area contributed by atoms with Gasteiger partial charge in [-0.1, -0.05) is 16.8 Å². The van der Waals surface area contributed by atoms with Gasteiger partial charge >= 0.3 is 0 Å². The normalized spacial score (nSPS) is 12.6. The van der Waals surface area contributed by atoms with Gasteiger partial charge in [-0.3, -0.25) is 0 Å². The van der Waals surface area contributed by atoms with E-state index in [1.807, 2.05) is 24.3 Å². The molecule has 0 saturated heterocycles. The maximum Gasteiger partial charge on any atom is 0.229 e.